The summed E-state index contributed by atoms with van der Waals surface area (Å²) >= 11 is 6.02. The van der Waals surface area contributed by atoms with Gasteiger partial charge in [-0.15, -0.1) is 0 Å². The van der Waals surface area contributed by atoms with Crippen molar-refractivity contribution in [2.24, 2.45) is 0 Å². The zero-order valence-electron chi connectivity index (χ0n) is 12.2. The lowest BCUT2D eigenvalue weighted by atomic mass is 10.2. The predicted molar refractivity (Wildman–Crippen MR) is 79.4 cm³/mol. The number of hydrogen-bond donors (Lipinski definition) is 1. The molecule has 2 rings (SSSR count). The van der Waals surface area contributed by atoms with Crippen molar-refractivity contribution in [1.29, 1.82) is 0 Å². The molecule has 1 aromatic heterocycles. The molecule has 1 amide bonds. The SMILES string of the molecule is CC(C)n1cc(Cl)cc1C(=O)N(C)CC1CNCCO1. The van der Waals surface area contributed by atoms with Gasteiger partial charge >= 0.3 is 0 Å². The van der Waals surface area contributed by atoms with Gasteiger partial charge in [0.1, 0.15) is 5.69 Å². The number of nitrogens with one attached hydrogen (secondary N) is 1. The number of carbonyl (C=O) groups excluding carboxylic acids is 1. The van der Waals surface area contributed by atoms with Crippen LogP contribution in [0.5, 0.6) is 0 Å². The van der Waals surface area contributed by atoms with E-state index in [-0.39, 0.29) is 18.1 Å². The van der Waals surface area contributed by atoms with E-state index in [1.165, 1.54) is 0 Å². The van der Waals surface area contributed by atoms with E-state index in [2.05, 4.69) is 5.32 Å². The maximum absolute atomic E-state index is 12.5. The Balaban J connectivity index is 2.06. The Morgan fingerprint density at radius 1 is 1.65 bits per heavy atom. The average molecular weight is 300 g/mol. The summed E-state index contributed by atoms with van der Waals surface area (Å²) in [5.41, 5.74) is 0.622. The van der Waals surface area contributed by atoms with Gasteiger partial charge in [0.15, 0.2) is 0 Å². The van der Waals surface area contributed by atoms with Gasteiger partial charge < -0.3 is 19.5 Å². The molecule has 5 nitrogen and oxygen atoms in total. The monoisotopic (exact) mass is 299 g/mol. The second-order valence-electron chi connectivity index (χ2n) is 5.43. The molecule has 1 aromatic rings. The molecule has 1 N–H and O–H groups in total. The van der Waals surface area contributed by atoms with Crippen molar-refractivity contribution < 1.29 is 9.53 Å². The number of amides is 1. The van der Waals surface area contributed by atoms with Gasteiger partial charge in [0, 0.05) is 38.9 Å². The Morgan fingerprint density at radius 3 is 3.00 bits per heavy atom. The molecule has 0 bridgehead atoms. The van der Waals surface area contributed by atoms with Gasteiger partial charge in [-0.25, -0.2) is 0 Å². The Labute approximate surface area is 124 Å². The van der Waals surface area contributed by atoms with E-state index >= 15 is 0 Å². The standard InChI is InChI=1S/C14H22ClN3O2/c1-10(2)18-8-11(15)6-13(18)14(19)17(3)9-12-7-16-4-5-20-12/h6,8,10,12,16H,4-5,7,9H2,1-3H3. The summed E-state index contributed by atoms with van der Waals surface area (Å²) in [7, 11) is 1.80. The third kappa shape index (κ3) is 3.53. The van der Waals surface area contributed by atoms with E-state index < -0.39 is 0 Å². The van der Waals surface area contributed by atoms with Crippen molar-refractivity contribution in [3.8, 4) is 0 Å². The summed E-state index contributed by atoms with van der Waals surface area (Å²) in [5.74, 6) is -0.0280. The normalized spacial score (nSPS) is 19.4. The van der Waals surface area contributed by atoms with Gasteiger partial charge in [-0.05, 0) is 19.9 Å². The predicted octanol–water partition coefficient (Wildman–Crippen LogP) is 1.78. The first-order valence-electron chi connectivity index (χ1n) is 6.94. The molecule has 0 radical (unpaired) electrons. The highest BCUT2D eigenvalue weighted by Crippen LogP contribution is 2.20. The number of rotatable bonds is 4. The van der Waals surface area contributed by atoms with Gasteiger partial charge in [-0.1, -0.05) is 11.6 Å². The zero-order chi connectivity index (χ0) is 14.7. The third-order valence-corrected chi connectivity index (χ3v) is 3.63. The highest BCUT2D eigenvalue weighted by molar-refractivity contribution is 6.31. The first kappa shape index (κ1) is 15.4. The van der Waals surface area contributed by atoms with Gasteiger partial charge in [0.05, 0.1) is 17.7 Å². The lowest BCUT2D eigenvalue weighted by Crippen LogP contribution is -2.46. The molecule has 0 aliphatic carbocycles. The molecule has 1 atom stereocenters. The minimum Gasteiger partial charge on any atom is -0.374 e. The molecule has 1 unspecified atom stereocenters. The van der Waals surface area contributed by atoms with Crippen molar-refractivity contribution in [3.05, 3.63) is 23.0 Å². The number of aromatic nitrogens is 1. The fraction of sp³-hybridized carbons (Fsp3) is 0.643. The lowest BCUT2D eigenvalue weighted by molar-refractivity contribution is 0.0101. The number of likely N-dealkylation sites (N-methyl/N-ethyl adjacent to an activating group) is 1. The molecule has 0 spiro atoms. The summed E-state index contributed by atoms with van der Waals surface area (Å²) in [5, 5.41) is 3.85. The number of halogens is 1. The highest BCUT2D eigenvalue weighted by Gasteiger charge is 2.22. The van der Waals surface area contributed by atoms with E-state index in [0.717, 1.165) is 13.1 Å². The maximum atomic E-state index is 12.5. The van der Waals surface area contributed by atoms with E-state index in [1.54, 1.807) is 24.2 Å². The van der Waals surface area contributed by atoms with E-state index in [0.29, 0.717) is 23.9 Å². The molecule has 1 aliphatic heterocycles. The molecule has 0 saturated carbocycles. The number of hydrogen-bond acceptors (Lipinski definition) is 3. The minimum atomic E-state index is -0.0280. The fourth-order valence-electron chi connectivity index (χ4n) is 2.37. The molecule has 1 saturated heterocycles. The second kappa shape index (κ2) is 6.61. The summed E-state index contributed by atoms with van der Waals surface area (Å²) < 4.78 is 7.53. The molecule has 2 heterocycles. The van der Waals surface area contributed by atoms with Crippen LogP contribution < -0.4 is 5.32 Å². The second-order valence-corrected chi connectivity index (χ2v) is 5.86. The molecule has 1 aliphatic rings. The van der Waals surface area contributed by atoms with E-state index in [9.17, 15) is 4.79 Å². The van der Waals surface area contributed by atoms with Crippen LogP contribution in [0, 0.1) is 0 Å². The van der Waals surface area contributed by atoms with Crippen LogP contribution in [0.25, 0.3) is 0 Å². The fourth-order valence-corrected chi connectivity index (χ4v) is 2.57. The summed E-state index contributed by atoms with van der Waals surface area (Å²) in [6.45, 7) is 6.99. The molecular weight excluding hydrogens is 278 g/mol. The Bertz CT molecular complexity index is 467. The van der Waals surface area contributed by atoms with Crippen molar-refractivity contribution in [2.45, 2.75) is 26.0 Å². The van der Waals surface area contributed by atoms with Gasteiger partial charge in [-0.3, -0.25) is 4.79 Å². The van der Waals surface area contributed by atoms with Crippen LogP contribution in [0.4, 0.5) is 0 Å². The number of carbonyl (C=O) groups is 1. The summed E-state index contributed by atoms with van der Waals surface area (Å²) in [4.78, 5) is 14.2. The van der Waals surface area contributed by atoms with Crippen LogP contribution in [-0.4, -0.2) is 54.8 Å². The van der Waals surface area contributed by atoms with Crippen molar-refractivity contribution in [1.82, 2.24) is 14.8 Å². The van der Waals surface area contributed by atoms with Crippen molar-refractivity contribution >= 4 is 17.5 Å². The molecule has 0 aromatic carbocycles. The Hall–Kier alpha value is -1.04. The largest absolute Gasteiger partial charge is 0.374 e. The number of ether oxygens (including phenoxy) is 1. The number of nitrogens with zero attached hydrogens (tertiary/aromatic N) is 2. The summed E-state index contributed by atoms with van der Waals surface area (Å²) in [6, 6.07) is 1.92. The molecule has 1 fully saturated rings. The van der Waals surface area contributed by atoms with Crippen molar-refractivity contribution in [2.75, 3.05) is 33.3 Å². The van der Waals surface area contributed by atoms with Crippen LogP contribution in [0.1, 0.15) is 30.4 Å². The highest BCUT2D eigenvalue weighted by atomic mass is 35.5. The van der Waals surface area contributed by atoms with Gasteiger partial charge in [0.2, 0.25) is 0 Å². The van der Waals surface area contributed by atoms with Crippen LogP contribution in [0.3, 0.4) is 0 Å². The van der Waals surface area contributed by atoms with E-state index in [4.69, 9.17) is 16.3 Å². The van der Waals surface area contributed by atoms with Crippen LogP contribution in [-0.2, 0) is 4.74 Å². The molecule has 20 heavy (non-hydrogen) atoms. The lowest BCUT2D eigenvalue weighted by Gasteiger charge is -2.28. The molecule has 112 valence electrons. The summed E-state index contributed by atoms with van der Waals surface area (Å²) in [6.07, 6.45) is 1.85. The Morgan fingerprint density at radius 2 is 2.40 bits per heavy atom. The smallest absolute Gasteiger partial charge is 0.270 e. The number of morpholine rings is 1. The van der Waals surface area contributed by atoms with Crippen LogP contribution in [0.15, 0.2) is 12.3 Å². The maximum Gasteiger partial charge on any atom is 0.270 e. The average Bonchev–Trinajstić information content (AvgIpc) is 2.81. The zero-order valence-corrected chi connectivity index (χ0v) is 13.0. The van der Waals surface area contributed by atoms with Crippen LogP contribution in [0.2, 0.25) is 5.02 Å². The van der Waals surface area contributed by atoms with Crippen LogP contribution >= 0.6 is 11.6 Å². The van der Waals surface area contributed by atoms with E-state index in [1.807, 2.05) is 18.4 Å². The third-order valence-electron chi connectivity index (χ3n) is 3.42. The first-order valence-corrected chi connectivity index (χ1v) is 7.32. The topological polar surface area (TPSA) is 46.5 Å². The Kier molecular flexibility index (Phi) is 5.07. The minimum absolute atomic E-state index is 0.0280. The first-order chi connectivity index (χ1) is 9.49. The van der Waals surface area contributed by atoms with Crippen molar-refractivity contribution in [3.63, 3.8) is 0 Å². The molecule has 6 heteroatoms. The quantitative estimate of drug-likeness (QED) is 0.922. The van der Waals surface area contributed by atoms with Gasteiger partial charge in [-0.2, -0.15) is 0 Å². The van der Waals surface area contributed by atoms with Gasteiger partial charge in [0.25, 0.3) is 5.91 Å². The molecular formula is C14H22ClN3O2.